The van der Waals surface area contributed by atoms with E-state index in [4.69, 9.17) is 11.6 Å². The van der Waals surface area contributed by atoms with Gasteiger partial charge in [-0.3, -0.25) is 4.90 Å². The topological polar surface area (TPSA) is 40.5 Å². The molecule has 2 rings (SSSR count). The molecule has 0 amide bonds. The molecule has 3 nitrogen and oxygen atoms in total. The molecule has 1 aromatic carbocycles. The zero-order chi connectivity index (χ0) is 13.9. The van der Waals surface area contributed by atoms with E-state index >= 15 is 0 Å². The Morgan fingerprint density at radius 2 is 2.05 bits per heavy atom. The van der Waals surface area contributed by atoms with Crippen LogP contribution in [-0.2, 0) is 10.3 Å². The molecule has 1 N–H and O–H groups in total. The third-order valence-electron chi connectivity index (χ3n) is 4.06. The van der Waals surface area contributed by atoms with Crippen molar-refractivity contribution in [1.82, 2.24) is 4.90 Å². The van der Waals surface area contributed by atoms with Crippen molar-refractivity contribution in [2.24, 2.45) is 0 Å². The molecule has 0 radical (unpaired) electrons. The van der Waals surface area contributed by atoms with Crippen molar-refractivity contribution < 1.29 is 9.90 Å². The Kier molecular flexibility index (Phi) is 4.48. The van der Waals surface area contributed by atoms with Crippen molar-refractivity contribution in [1.29, 1.82) is 0 Å². The Bertz CT molecular complexity index is 457. The lowest BCUT2D eigenvalue weighted by Gasteiger charge is -2.42. The van der Waals surface area contributed by atoms with Crippen molar-refractivity contribution in [3.8, 4) is 0 Å². The predicted octanol–water partition coefficient (Wildman–Crippen LogP) is 3.52. The molecule has 0 spiro atoms. The number of carboxylic acid groups (broad SMARTS) is 1. The van der Waals surface area contributed by atoms with E-state index < -0.39 is 11.5 Å². The number of aliphatic carboxylic acids is 1. The average Bonchev–Trinajstić information content (AvgIpc) is 2.41. The number of rotatable bonds is 4. The highest BCUT2D eigenvalue weighted by molar-refractivity contribution is 6.30. The van der Waals surface area contributed by atoms with Gasteiger partial charge in [-0.05, 0) is 50.0 Å². The molecule has 1 atom stereocenters. The molecular weight excluding hydrogens is 262 g/mol. The van der Waals surface area contributed by atoms with E-state index in [1.807, 2.05) is 19.1 Å². The number of likely N-dealkylation sites (tertiary alicyclic amines) is 1. The van der Waals surface area contributed by atoms with E-state index in [2.05, 4.69) is 4.90 Å². The molecule has 0 aromatic heterocycles. The molecule has 0 saturated carbocycles. The van der Waals surface area contributed by atoms with Crippen LogP contribution in [0.2, 0.25) is 5.02 Å². The first kappa shape index (κ1) is 14.4. The van der Waals surface area contributed by atoms with Gasteiger partial charge in [0, 0.05) is 5.02 Å². The fourth-order valence-electron chi connectivity index (χ4n) is 3.04. The third-order valence-corrected chi connectivity index (χ3v) is 4.30. The van der Waals surface area contributed by atoms with E-state index in [0.29, 0.717) is 11.4 Å². The van der Waals surface area contributed by atoms with Gasteiger partial charge >= 0.3 is 5.97 Å². The number of hydrogen-bond donors (Lipinski definition) is 1. The minimum absolute atomic E-state index is 0.544. The second-order valence-electron chi connectivity index (χ2n) is 5.08. The summed E-state index contributed by atoms with van der Waals surface area (Å²) in [7, 11) is 0. The van der Waals surface area contributed by atoms with Crippen LogP contribution in [0, 0.1) is 0 Å². The van der Waals surface area contributed by atoms with Crippen molar-refractivity contribution in [2.45, 2.75) is 38.1 Å². The minimum Gasteiger partial charge on any atom is -0.480 e. The molecule has 1 fully saturated rings. The van der Waals surface area contributed by atoms with Crippen LogP contribution in [-0.4, -0.2) is 29.1 Å². The van der Waals surface area contributed by atoms with Gasteiger partial charge in [-0.25, -0.2) is 4.79 Å². The molecule has 0 aliphatic carbocycles. The largest absolute Gasteiger partial charge is 0.480 e. The molecule has 4 heteroatoms. The molecule has 1 unspecified atom stereocenters. The van der Waals surface area contributed by atoms with E-state index in [1.165, 1.54) is 6.42 Å². The van der Waals surface area contributed by atoms with Gasteiger partial charge in [-0.1, -0.05) is 37.1 Å². The zero-order valence-corrected chi connectivity index (χ0v) is 12.0. The average molecular weight is 282 g/mol. The maximum absolute atomic E-state index is 12.0. The summed E-state index contributed by atoms with van der Waals surface area (Å²) in [6, 6.07) is 7.27. The first-order valence-electron chi connectivity index (χ1n) is 6.85. The van der Waals surface area contributed by atoms with Gasteiger partial charge in [0.1, 0.15) is 5.54 Å². The molecule has 1 heterocycles. The molecule has 1 aliphatic rings. The molecule has 1 aromatic rings. The Labute approximate surface area is 119 Å². The summed E-state index contributed by atoms with van der Waals surface area (Å²) < 4.78 is 0. The second kappa shape index (κ2) is 5.93. The van der Waals surface area contributed by atoms with Crippen LogP contribution in [0.4, 0.5) is 0 Å². The van der Waals surface area contributed by atoms with Gasteiger partial charge in [0.05, 0.1) is 0 Å². The van der Waals surface area contributed by atoms with E-state index in [-0.39, 0.29) is 0 Å². The molecule has 1 aliphatic heterocycles. The van der Waals surface area contributed by atoms with Crippen LogP contribution < -0.4 is 0 Å². The third kappa shape index (κ3) is 2.63. The van der Waals surface area contributed by atoms with Crippen LogP contribution in [0.15, 0.2) is 24.3 Å². The molecule has 0 bridgehead atoms. The fraction of sp³-hybridized carbons (Fsp3) is 0.533. The molecule has 19 heavy (non-hydrogen) atoms. The number of benzene rings is 1. The lowest BCUT2D eigenvalue weighted by molar-refractivity contribution is -0.154. The van der Waals surface area contributed by atoms with Crippen LogP contribution in [0.25, 0.3) is 0 Å². The summed E-state index contributed by atoms with van der Waals surface area (Å²) >= 11 is 6.04. The number of carbonyl (C=O) groups is 1. The quantitative estimate of drug-likeness (QED) is 0.918. The van der Waals surface area contributed by atoms with Gasteiger partial charge in [0.15, 0.2) is 0 Å². The number of carboxylic acids is 1. The zero-order valence-electron chi connectivity index (χ0n) is 11.2. The molecule has 104 valence electrons. The first-order valence-corrected chi connectivity index (χ1v) is 7.23. The summed E-state index contributed by atoms with van der Waals surface area (Å²) in [6.45, 7) is 3.61. The Balaban J connectivity index is 2.46. The summed E-state index contributed by atoms with van der Waals surface area (Å²) in [5, 5.41) is 10.4. The minimum atomic E-state index is -0.939. The van der Waals surface area contributed by atoms with Crippen LogP contribution in [0.1, 0.15) is 38.2 Å². The van der Waals surface area contributed by atoms with Gasteiger partial charge in [0.25, 0.3) is 0 Å². The SMILES string of the molecule is CCC(C(=O)O)(c1cccc(Cl)c1)N1CCCCC1. The maximum Gasteiger partial charge on any atom is 0.328 e. The van der Waals surface area contributed by atoms with Crippen LogP contribution in [0.3, 0.4) is 0 Å². The highest BCUT2D eigenvalue weighted by Gasteiger charge is 2.44. The monoisotopic (exact) mass is 281 g/mol. The first-order chi connectivity index (χ1) is 9.11. The lowest BCUT2D eigenvalue weighted by Crippen LogP contribution is -2.53. The standard InChI is InChI=1S/C15H20ClNO2/c1-2-15(14(18)19,17-9-4-3-5-10-17)12-7-6-8-13(16)11-12/h6-8,11H,2-5,9-10H2,1H3,(H,18,19). The summed E-state index contributed by atoms with van der Waals surface area (Å²) in [5.41, 5.74) is -0.150. The van der Waals surface area contributed by atoms with Crippen molar-refractivity contribution in [3.05, 3.63) is 34.9 Å². The maximum atomic E-state index is 12.0. The van der Waals surface area contributed by atoms with Crippen LogP contribution in [0.5, 0.6) is 0 Å². The fourth-order valence-corrected chi connectivity index (χ4v) is 3.23. The number of nitrogens with zero attached hydrogens (tertiary/aromatic N) is 1. The molecule has 1 saturated heterocycles. The summed E-state index contributed by atoms with van der Waals surface area (Å²) in [5.74, 6) is -0.779. The van der Waals surface area contributed by atoms with E-state index in [9.17, 15) is 9.90 Å². The van der Waals surface area contributed by atoms with Crippen molar-refractivity contribution in [2.75, 3.05) is 13.1 Å². The summed E-state index contributed by atoms with van der Waals surface area (Å²) in [6.07, 6.45) is 3.86. The molecular formula is C15H20ClNO2. The normalized spacial score (nSPS) is 19.9. The van der Waals surface area contributed by atoms with Gasteiger partial charge in [0.2, 0.25) is 0 Å². The predicted molar refractivity (Wildman–Crippen MR) is 76.5 cm³/mol. The summed E-state index contributed by atoms with van der Waals surface area (Å²) in [4.78, 5) is 14.1. The number of halogens is 1. The second-order valence-corrected chi connectivity index (χ2v) is 5.51. The van der Waals surface area contributed by atoms with Gasteiger partial charge in [-0.2, -0.15) is 0 Å². The number of piperidine rings is 1. The van der Waals surface area contributed by atoms with Crippen LogP contribution >= 0.6 is 11.6 Å². The van der Waals surface area contributed by atoms with Crippen molar-refractivity contribution in [3.63, 3.8) is 0 Å². The Morgan fingerprint density at radius 1 is 1.37 bits per heavy atom. The lowest BCUT2D eigenvalue weighted by atomic mass is 9.84. The number of hydrogen-bond acceptors (Lipinski definition) is 2. The highest BCUT2D eigenvalue weighted by atomic mass is 35.5. The van der Waals surface area contributed by atoms with E-state index in [0.717, 1.165) is 31.5 Å². The van der Waals surface area contributed by atoms with E-state index in [1.54, 1.807) is 12.1 Å². The highest BCUT2D eigenvalue weighted by Crippen LogP contribution is 2.35. The smallest absolute Gasteiger partial charge is 0.328 e. The van der Waals surface area contributed by atoms with Crippen molar-refractivity contribution >= 4 is 17.6 Å². The van der Waals surface area contributed by atoms with Gasteiger partial charge in [-0.15, -0.1) is 0 Å². The van der Waals surface area contributed by atoms with Gasteiger partial charge < -0.3 is 5.11 Å². The Hall–Kier alpha value is -1.06. The Morgan fingerprint density at radius 3 is 2.58 bits per heavy atom.